The highest BCUT2D eigenvalue weighted by Crippen LogP contribution is 1.94. The Hall–Kier alpha value is -1.58. The molecule has 0 aromatic carbocycles. The van der Waals surface area contributed by atoms with Gasteiger partial charge in [0.2, 0.25) is 0 Å². The van der Waals surface area contributed by atoms with E-state index in [1.54, 1.807) is 6.92 Å². The molecule has 0 aromatic rings. The van der Waals surface area contributed by atoms with Crippen LogP contribution < -0.4 is 0 Å². The number of ether oxygens (including phenoxy) is 2. The first-order valence-corrected chi connectivity index (χ1v) is 5.52. The van der Waals surface area contributed by atoms with Gasteiger partial charge in [-0.15, -0.1) is 0 Å². The van der Waals surface area contributed by atoms with Crippen molar-refractivity contribution in [3.63, 3.8) is 0 Å². The molecular weight excluding hydrogens is 220 g/mol. The molecule has 0 atom stereocenters. The number of esters is 2. The summed E-state index contributed by atoms with van der Waals surface area (Å²) in [4.78, 5) is 20.6. The van der Waals surface area contributed by atoms with Crippen LogP contribution in [0.3, 0.4) is 0 Å². The lowest BCUT2D eigenvalue weighted by Gasteiger charge is -1.98. The largest absolute Gasteiger partial charge is 0.466 e. The highest BCUT2D eigenvalue weighted by Gasteiger charge is 1.95. The SMILES string of the molecule is C=C(C)C(=O)OC.C=CC(=O)OCCCCC. The zero-order chi connectivity index (χ0) is 13.7. The van der Waals surface area contributed by atoms with Crippen LogP contribution in [0.15, 0.2) is 24.8 Å². The molecule has 4 heteroatoms. The van der Waals surface area contributed by atoms with E-state index in [2.05, 4.69) is 24.8 Å². The molecule has 0 aromatic heterocycles. The maximum absolute atomic E-state index is 10.4. The van der Waals surface area contributed by atoms with E-state index < -0.39 is 0 Å². The molecule has 0 fully saturated rings. The molecule has 17 heavy (non-hydrogen) atoms. The molecule has 0 bridgehead atoms. The van der Waals surface area contributed by atoms with Crippen LogP contribution >= 0.6 is 0 Å². The number of hydrogen-bond acceptors (Lipinski definition) is 4. The normalized spacial score (nSPS) is 8.41. The summed E-state index contributed by atoms with van der Waals surface area (Å²) in [6.07, 6.45) is 4.40. The van der Waals surface area contributed by atoms with Gasteiger partial charge in [-0.3, -0.25) is 0 Å². The van der Waals surface area contributed by atoms with Crippen molar-refractivity contribution < 1.29 is 19.1 Å². The van der Waals surface area contributed by atoms with Crippen molar-refractivity contribution in [2.75, 3.05) is 13.7 Å². The summed E-state index contributed by atoms with van der Waals surface area (Å²) in [5, 5.41) is 0. The second-order valence-corrected chi connectivity index (χ2v) is 3.35. The minimum Gasteiger partial charge on any atom is -0.466 e. The van der Waals surface area contributed by atoms with Crippen molar-refractivity contribution in [2.45, 2.75) is 33.1 Å². The summed E-state index contributed by atoms with van der Waals surface area (Å²) in [6.45, 7) is 10.9. The van der Waals surface area contributed by atoms with E-state index in [1.807, 2.05) is 0 Å². The Morgan fingerprint density at radius 3 is 2.18 bits per heavy atom. The summed E-state index contributed by atoms with van der Waals surface area (Å²) < 4.78 is 9.01. The number of carbonyl (C=O) groups excluding carboxylic acids is 2. The second-order valence-electron chi connectivity index (χ2n) is 3.35. The van der Waals surface area contributed by atoms with Crippen LogP contribution in [0.1, 0.15) is 33.1 Å². The molecule has 4 nitrogen and oxygen atoms in total. The van der Waals surface area contributed by atoms with E-state index in [1.165, 1.54) is 13.2 Å². The summed E-state index contributed by atoms with van der Waals surface area (Å²) in [5.74, 6) is -0.670. The van der Waals surface area contributed by atoms with Gasteiger partial charge in [0.1, 0.15) is 0 Å². The van der Waals surface area contributed by atoms with E-state index in [9.17, 15) is 9.59 Å². The van der Waals surface area contributed by atoms with E-state index in [0.29, 0.717) is 12.2 Å². The van der Waals surface area contributed by atoms with Gasteiger partial charge >= 0.3 is 11.9 Å². The monoisotopic (exact) mass is 242 g/mol. The minimum absolute atomic E-state index is 0.323. The highest BCUT2D eigenvalue weighted by molar-refractivity contribution is 5.86. The molecule has 0 aliphatic rings. The first-order valence-electron chi connectivity index (χ1n) is 5.52. The van der Waals surface area contributed by atoms with Crippen molar-refractivity contribution in [2.24, 2.45) is 0 Å². The Morgan fingerprint density at radius 1 is 1.29 bits per heavy atom. The first kappa shape index (κ1) is 17.8. The molecule has 0 spiro atoms. The fraction of sp³-hybridized carbons (Fsp3) is 0.538. The minimum atomic E-state index is -0.347. The Balaban J connectivity index is 0. The van der Waals surface area contributed by atoms with Crippen molar-refractivity contribution in [3.05, 3.63) is 24.8 Å². The Kier molecular flexibility index (Phi) is 13.1. The molecule has 0 heterocycles. The molecule has 0 N–H and O–H groups in total. The molecule has 0 rings (SSSR count). The van der Waals surface area contributed by atoms with Crippen LogP contribution in [0, 0.1) is 0 Å². The third kappa shape index (κ3) is 14.4. The molecule has 0 amide bonds. The Labute approximate surface area is 103 Å². The molecular formula is C13H22O4. The van der Waals surface area contributed by atoms with Gasteiger partial charge in [0.05, 0.1) is 13.7 Å². The van der Waals surface area contributed by atoms with Gasteiger partial charge in [-0.2, -0.15) is 0 Å². The van der Waals surface area contributed by atoms with Gasteiger partial charge in [-0.25, -0.2) is 9.59 Å². The lowest BCUT2D eigenvalue weighted by atomic mass is 10.3. The summed E-state index contributed by atoms with van der Waals surface area (Å²) in [6, 6.07) is 0. The van der Waals surface area contributed by atoms with Crippen molar-refractivity contribution >= 4 is 11.9 Å². The molecule has 0 saturated heterocycles. The first-order chi connectivity index (χ1) is 7.99. The zero-order valence-corrected chi connectivity index (χ0v) is 11.0. The van der Waals surface area contributed by atoms with Crippen molar-refractivity contribution in [1.82, 2.24) is 0 Å². The van der Waals surface area contributed by atoms with Gasteiger partial charge in [0, 0.05) is 11.6 Å². The van der Waals surface area contributed by atoms with E-state index in [4.69, 9.17) is 4.74 Å². The summed E-state index contributed by atoms with van der Waals surface area (Å²) in [7, 11) is 1.33. The van der Waals surface area contributed by atoms with Crippen LogP contribution in [0.25, 0.3) is 0 Å². The number of methoxy groups -OCH3 is 1. The molecule has 0 unspecified atom stereocenters. The van der Waals surface area contributed by atoms with Crippen LogP contribution in [0.4, 0.5) is 0 Å². The van der Waals surface area contributed by atoms with E-state index >= 15 is 0 Å². The van der Waals surface area contributed by atoms with Gasteiger partial charge < -0.3 is 9.47 Å². The lowest BCUT2D eigenvalue weighted by Crippen LogP contribution is -2.01. The Morgan fingerprint density at radius 2 is 1.88 bits per heavy atom. The maximum atomic E-state index is 10.4. The number of hydrogen-bond donors (Lipinski definition) is 0. The Bertz CT molecular complexity index is 256. The molecule has 98 valence electrons. The fourth-order valence-corrected chi connectivity index (χ4v) is 0.758. The topological polar surface area (TPSA) is 52.6 Å². The highest BCUT2D eigenvalue weighted by atomic mass is 16.5. The lowest BCUT2D eigenvalue weighted by molar-refractivity contribution is -0.138. The molecule has 0 aliphatic heterocycles. The fourth-order valence-electron chi connectivity index (χ4n) is 0.758. The van der Waals surface area contributed by atoms with Gasteiger partial charge in [-0.1, -0.05) is 32.9 Å². The van der Waals surface area contributed by atoms with Crippen LogP contribution in [-0.4, -0.2) is 25.7 Å². The third-order valence-electron chi connectivity index (χ3n) is 1.69. The summed E-state index contributed by atoms with van der Waals surface area (Å²) in [5.41, 5.74) is 0.433. The molecule has 0 saturated carbocycles. The molecule has 0 aliphatic carbocycles. The number of unbranched alkanes of at least 4 members (excludes halogenated alkanes) is 2. The van der Waals surface area contributed by atoms with Crippen LogP contribution in [0.5, 0.6) is 0 Å². The zero-order valence-electron chi connectivity index (χ0n) is 11.0. The predicted molar refractivity (Wildman–Crippen MR) is 67.5 cm³/mol. The van der Waals surface area contributed by atoms with E-state index in [-0.39, 0.29) is 11.9 Å². The van der Waals surface area contributed by atoms with Gasteiger partial charge in [-0.05, 0) is 13.3 Å². The predicted octanol–water partition coefficient (Wildman–Crippen LogP) is 2.64. The smallest absolute Gasteiger partial charge is 0.332 e. The van der Waals surface area contributed by atoms with Gasteiger partial charge in [0.25, 0.3) is 0 Å². The standard InChI is InChI=1S/C8H14O2.C5H8O2/c1-3-5-6-7-10-8(9)4-2;1-4(2)5(6)7-3/h4H,2-3,5-7H2,1H3;1H2,2-3H3. The molecule has 0 radical (unpaired) electrons. The van der Waals surface area contributed by atoms with E-state index in [0.717, 1.165) is 19.3 Å². The average molecular weight is 242 g/mol. The maximum Gasteiger partial charge on any atom is 0.332 e. The number of carbonyl (C=O) groups is 2. The van der Waals surface area contributed by atoms with Gasteiger partial charge in [0.15, 0.2) is 0 Å². The van der Waals surface area contributed by atoms with Crippen LogP contribution in [0.2, 0.25) is 0 Å². The number of rotatable bonds is 6. The van der Waals surface area contributed by atoms with Crippen molar-refractivity contribution in [1.29, 1.82) is 0 Å². The van der Waals surface area contributed by atoms with Crippen LogP contribution in [-0.2, 0) is 19.1 Å². The second kappa shape index (κ2) is 12.5. The average Bonchev–Trinajstić information content (AvgIpc) is 2.33. The third-order valence-corrected chi connectivity index (χ3v) is 1.69. The summed E-state index contributed by atoms with van der Waals surface area (Å²) >= 11 is 0. The van der Waals surface area contributed by atoms with Crippen molar-refractivity contribution in [3.8, 4) is 0 Å². The quantitative estimate of drug-likeness (QED) is 0.408.